The molecular weight excluding hydrogens is 320 g/mol. The summed E-state index contributed by atoms with van der Waals surface area (Å²) in [6.45, 7) is 8.90. The van der Waals surface area contributed by atoms with Gasteiger partial charge in [-0.25, -0.2) is 4.79 Å². The fraction of sp³-hybridized carbons (Fsp3) is 0.500. The molecule has 0 aliphatic rings. The highest BCUT2D eigenvalue weighted by molar-refractivity contribution is 5.92. The second-order valence-corrected chi connectivity index (χ2v) is 6.20. The van der Waals surface area contributed by atoms with Crippen LogP contribution >= 0.6 is 0 Å². The van der Waals surface area contributed by atoms with Gasteiger partial charge in [-0.05, 0) is 24.5 Å². The number of urea groups is 1. The Hall–Kier alpha value is -2.57. The summed E-state index contributed by atoms with van der Waals surface area (Å²) in [6, 6.07) is 6.82. The molecule has 7 nitrogen and oxygen atoms in total. The number of nitrogens with zero attached hydrogens (tertiary/aromatic N) is 1. The number of carbonyl (C=O) groups is 3. The average Bonchev–Trinajstić information content (AvgIpc) is 2.56. The van der Waals surface area contributed by atoms with Crippen molar-refractivity contribution in [2.45, 2.75) is 34.2 Å². The van der Waals surface area contributed by atoms with Crippen molar-refractivity contribution < 1.29 is 14.4 Å². The molecule has 0 unspecified atom stereocenters. The number of carbonyl (C=O) groups excluding carboxylic acids is 3. The molecule has 0 fully saturated rings. The lowest BCUT2D eigenvalue weighted by molar-refractivity contribution is -0.129. The van der Waals surface area contributed by atoms with E-state index in [1.54, 1.807) is 17.0 Å². The monoisotopic (exact) mass is 348 g/mol. The van der Waals surface area contributed by atoms with Gasteiger partial charge in [-0.15, -0.1) is 0 Å². The number of rotatable bonds is 8. The smallest absolute Gasteiger partial charge is 0.319 e. The molecule has 0 atom stereocenters. The summed E-state index contributed by atoms with van der Waals surface area (Å²) >= 11 is 0. The van der Waals surface area contributed by atoms with Gasteiger partial charge in [0.15, 0.2) is 0 Å². The Kier molecular flexibility index (Phi) is 8.46. The number of anilines is 1. The molecule has 0 saturated heterocycles. The molecule has 1 aromatic carbocycles. The fourth-order valence-corrected chi connectivity index (χ4v) is 2.14. The Labute approximate surface area is 149 Å². The lowest BCUT2D eigenvalue weighted by atomic mass is 10.1. The van der Waals surface area contributed by atoms with E-state index >= 15 is 0 Å². The van der Waals surface area contributed by atoms with Crippen molar-refractivity contribution in [3.8, 4) is 0 Å². The lowest BCUT2D eigenvalue weighted by Crippen LogP contribution is -2.40. The highest BCUT2D eigenvalue weighted by atomic mass is 16.2. The first kappa shape index (κ1) is 20.5. The van der Waals surface area contributed by atoms with Crippen molar-refractivity contribution in [3.63, 3.8) is 0 Å². The Balaban J connectivity index is 2.60. The van der Waals surface area contributed by atoms with Gasteiger partial charge >= 0.3 is 6.03 Å². The topological polar surface area (TPSA) is 90.5 Å². The zero-order chi connectivity index (χ0) is 18.8. The maximum Gasteiger partial charge on any atom is 0.319 e. The Bertz CT molecular complexity index is 602. The Morgan fingerprint density at radius 3 is 2.40 bits per heavy atom. The zero-order valence-corrected chi connectivity index (χ0v) is 15.4. The van der Waals surface area contributed by atoms with E-state index in [0.29, 0.717) is 31.2 Å². The van der Waals surface area contributed by atoms with Crippen LogP contribution in [0.25, 0.3) is 0 Å². The van der Waals surface area contributed by atoms with E-state index in [0.717, 1.165) is 5.56 Å². The third-order valence-corrected chi connectivity index (χ3v) is 3.57. The maximum absolute atomic E-state index is 12.0. The van der Waals surface area contributed by atoms with Gasteiger partial charge in [-0.1, -0.05) is 32.0 Å². The standard InChI is InChI=1S/C18H28N4O3/c1-5-22(14(4)23)12-15-8-6-7-9-16(15)21-18(25)20-11-17(24)19-10-13(2)3/h6-9,13H,5,10-12H2,1-4H3,(H,19,24)(H2,20,21,25). The Morgan fingerprint density at radius 2 is 1.80 bits per heavy atom. The van der Waals surface area contributed by atoms with Crippen LogP contribution in [0.2, 0.25) is 0 Å². The molecule has 0 aromatic heterocycles. The van der Waals surface area contributed by atoms with Gasteiger partial charge in [-0.2, -0.15) is 0 Å². The van der Waals surface area contributed by atoms with Crippen LogP contribution in [0.15, 0.2) is 24.3 Å². The van der Waals surface area contributed by atoms with E-state index in [2.05, 4.69) is 16.0 Å². The van der Waals surface area contributed by atoms with Crippen molar-refractivity contribution in [3.05, 3.63) is 29.8 Å². The van der Waals surface area contributed by atoms with Crippen LogP contribution in [-0.2, 0) is 16.1 Å². The van der Waals surface area contributed by atoms with Crippen molar-refractivity contribution in [2.75, 3.05) is 25.0 Å². The summed E-state index contributed by atoms with van der Waals surface area (Å²) in [6.07, 6.45) is 0. The van der Waals surface area contributed by atoms with E-state index < -0.39 is 6.03 Å². The van der Waals surface area contributed by atoms with Gasteiger partial charge in [0.2, 0.25) is 11.8 Å². The molecule has 138 valence electrons. The summed E-state index contributed by atoms with van der Waals surface area (Å²) in [5.41, 5.74) is 1.45. The molecule has 0 aliphatic carbocycles. The summed E-state index contributed by atoms with van der Waals surface area (Å²) in [5.74, 6) is 0.0990. The van der Waals surface area contributed by atoms with Crippen LogP contribution in [0.5, 0.6) is 0 Å². The first-order valence-corrected chi connectivity index (χ1v) is 8.48. The largest absolute Gasteiger partial charge is 0.354 e. The molecule has 7 heteroatoms. The predicted octanol–water partition coefficient (Wildman–Crippen LogP) is 1.95. The molecule has 0 aliphatic heterocycles. The number of nitrogens with one attached hydrogen (secondary N) is 3. The van der Waals surface area contributed by atoms with E-state index in [1.165, 1.54) is 6.92 Å². The van der Waals surface area contributed by atoms with E-state index in [4.69, 9.17) is 0 Å². The van der Waals surface area contributed by atoms with Gasteiger partial charge in [-0.3, -0.25) is 9.59 Å². The number of benzene rings is 1. The molecule has 0 heterocycles. The second kappa shape index (κ2) is 10.3. The van der Waals surface area contributed by atoms with Gasteiger partial charge in [0, 0.05) is 32.2 Å². The van der Waals surface area contributed by atoms with Crippen molar-refractivity contribution in [1.29, 1.82) is 0 Å². The van der Waals surface area contributed by atoms with Gasteiger partial charge in [0.05, 0.1) is 6.54 Å². The zero-order valence-electron chi connectivity index (χ0n) is 15.4. The molecule has 25 heavy (non-hydrogen) atoms. The molecular formula is C18H28N4O3. The molecule has 3 N–H and O–H groups in total. The molecule has 0 saturated carbocycles. The highest BCUT2D eigenvalue weighted by Crippen LogP contribution is 2.17. The predicted molar refractivity (Wildman–Crippen MR) is 98.1 cm³/mol. The van der Waals surface area contributed by atoms with Crippen LogP contribution in [-0.4, -0.2) is 42.4 Å². The van der Waals surface area contributed by atoms with Crippen LogP contribution in [0.4, 0.5) is 10.5 Å². The van der Waals surface area contributed by atoms with Crippen LogP contribution < -0.4 is 16.0 Å². The summed E-state index contributed by atoms with van der Waals surface area (Å²) < 4.78 is 0. The number of hydrogen-bond donors (Lipinski definition) is 3. The molecule has 1 rings (SSSR count). The number of hydrogen-bond acceptors (Lipinski definition) is 3. The van der Waals surface area contributed by atoms with Crippen molar-refractivity contribution in [2.24, 2.45) is 5.92 Å². The fourth-order valence-electron chi connectivity index (χ4n) is 2.14. The van der Waals surface area contributed by atoms with E-state index in [1.807, 2.05) is 32.9 Å². The third-order valence-electron chi connectivity index (χ3n) is 3.57. The molecule has 0 radical (unpaired) electrons. The summed E-state index contributed by atoms with van der Waals surface area (Å²) in [5, 5.41) is 7.99. The number of para-hydroxylation sites is 1. The van der Waals surface area contributed by atoms with Gasteiger partial charge in [0.25, 0.3) is 0 Å². The normalized spacial score (nSPS) is 10.3. The summed E-state index contributed by atoms with van der Waals surface area (Å²) in [4.78, 5) is 36.9. The van der Waals surface area contributed by atoms with Crippen LogP contribution in [0, 0.1) is 5.92 Å². The number of amides is 4. The minimum absolute atomic E-state index is 0.0245. The molecule has 4 amide bonds. The lowest BCUT2D eigenvalue weighted by Gasteiger charge is -2.21. The first-order valence-electron chi connectivity index (χ1n) is 8.48. The minimum Gasteiger partial charge on any atom is -0.354 e. The molecule has 0 bridgehead atoms. The van der Waals surface area contributed by atoms with Gasteiger partial charge in [0.1, 0.15) is 0 Å². The van der Waals surface area contributed by atoms with Crippen LogP contribution in [0.3, 0.4) is 0 Å². The molecule has 0 spiro atoms. The Morgan fingerprint density at radius 1 is 1.12 bits per heavy atom. The van der Waals surface area contributed by atoms with E-state index in [-0.39, 0.29) is 18.4 Å². The SMILES string of the molecule is CCN(Cc1ccccc1NC(=O)NCC(=O)NCC(C)C)C(C)=O. The summed E-state index contributed by atoms with van der Waals surface area (Å²) in [7, 11) is 0. The molecule has 1 aromatic rings. The van der Waals surface area contributed by atoms with Crippen molar-refractivity contribution >= 4 is 23.5 Å². The first-order chi connectivity index (χ1) is 11.8. The maximum atomic E-state index is 12.0. The quantitative estimate of drug-likeness (QED) is 0.671. The third kappa shape index (κ3) is 7.69. The highest BCUT2D eigenvalue weighted by Gasteiger charge is 2.12. The van der Waals surface area contributed by atoms with E-state index in [9.17, 15) is 14.4 Å². The van der Waals surface area contributed by atoms with Crippen molar-refractivity contribution in [1.82, 2.24) is 15.5 Å². The van der Waals surface area contributed by atoms with Gasteiger partial charge < -0.3 is 20.9 Å². The second-order valence-electron chi connectivity index (χ2n) is 6.20. The van der Waals surface area contributed by atoms with Crippen LogP contribution in [0.1, 0.15) is 33.3 Å². The average molecular weight is 348 g/mol. The minimum atomic E-state index is -0.460.